The zero-order valence-electron chi connectivity index (χ0n) is 15.8. The van der Waals surface area contributed by atoms with Crippen LogP contribution >= 0.6 is 0 Å². The summed E-state index contributed by atoms with van der Waals surface area (Å²) in [6, 6.07) is 0. The first-order valence-corrected chi connectivity index (χ1v) is 10.5. The molecular weight excluding hydrogens is 315 g/mol. The standard InChI is InChI=1S/C22H35FO2/c1-2-3-4-18-15-24-22(25-16-18)14-7-17-5-8-19(9-6-17)20-10-12-21(23)13-11-20/h3-4,12,17-20,22H,2,5-11,13-16H2,1H3/b4-3+. The molecule has 0 amide bonds. The Bertz CT molecular complexity index is 443. The molecule has 0 aromatic rings. The Labute approximate surface area is 152 Å². The van der Waals surface area contributed by atoms with E-state index in [0.29, 0.717) is 12.3 Å². The van der Waals surface area contributed by atoms with Crippen LogP contribution in [0.5, 0.6) is 0 Å². The van der Waals surface area contributed by atoms with Gasteiger partial charge in [0.05, 0.1) is 19.0 Å². The Morgan fingerprint density at radius 2 is 1.80 bits per heavy atom. The van der Waals surface area contributed by atoms with Crippen molar-refractivity contribution in [3.05, 3.63) is 24.1 Å². The largest absolute Gasteiger partial charge is 0.352 e. The molecule has 3 aliphatic rings. The van der Waals surface area contributed by atoms with E-state index in [-0.39, 0.29) is 12.1 Å². The fourth-order valence-corrected chi connectivity index (χ4v) is 4.74. The minimum absolute atomic E-state index is 0.00968. The highest BCUT2D eigenvalue weighted by Gasteiger charge is 2.29. The van der Waals surface area contributed by atoms with Crippen LogP contribution in [-0.2, 0) is 9.47 Å². The summed E-state index contributed by atoms with van der Waals surface area (Å²) in [6.45, 7) is 3.77. The normalized spacial score (nSPS) is 37.2. The first-order valence-electron chi connectivity index (χ1n) is 10.5. The first-order chi connectivity index (χ1) is 12.2. The molecule has 1 saturated carbocycles. The van der Waals surface area contributed by atoms with Gasteiger partial charge >= 0.3 is 0 Å². The molecule has 1 aliphatic heterocycles. The van der Waals surface area contributed by atoms with Crippen LogP contribution in [0.15, 0.2) is 24.1 Å². The van der Waals surface area contributed by atoms with E-state index in [1.165, 1.54) is 32.1 Å². The smallest absolute Gasteiger partial charge is 0.157 e. The summed E-state index contributed by atoms with van der Waals surface area (Å²) < 4.78 is 25.0. The van der Waals surface area contributed by atoms with Crippen molar-refractivity contribution in [1.82, 2.24) is 0 Å². The predicted molar refractivity (Wildman–Crippen MR) is 99.8 cm³/mol. The van der Waals surface area contributed by atoms with E-state index >= 15 is 0 Å². The van der Waals surface area contributed by atoms with Crippen molar-refractivity contribution < 1.29 is 13.9 Å². The number of rotatable bonds is 6. The molecule has 0 spiro atoms. The van der Waals surface area contributed by atoms with Crippen LogP contribution in [0, 0.1) is 23.7 Å². The molecule has 1 atom stereocenters. The highest BCUT2D eigenvalue weighted by atomic mass is 19.1. The third-order valence-corrected chi connectivity index (χ3v) is 6.40. The summed E-state index contributed by atoms with van der Waals surface area (Å²) in [6.07, 6.45) is 17.7. The Morgan fingerprint density at radius 1 is 1.04 bits per heavy atom. The monoisotopic (exact) mass is 350 g/mol. The number of allylic oxidation sites excluding steroid dienone is 3. The average molecular weight is 351 g/mol. The second-order valence-corrected chi connectivity index (χ2v) is 8.24. The maximum Gasteiger partial charge on any atom is 0.157 e. The van der Waals surface area contributed by atoms with E-state index in [0.717, 1.165) is 56.7 Å². The minimum atomic E-state index is 0.00968. The van der Waals surface area contributed by atoms with Gasteiger partial charge in [-0.2, -0.15) is 0 Å². The van der Waals surface area contributed by atoms with E-state index in [1.54, 1.807) is 0 Å². The first kappa shape index (κ1) is 19.1. The van der Waals surface area contributed by atoms with Gasteiger partial charge in [0.1, 0.15) is 0 Å². The van der Waals surface area contributed by atoms with Gasteiger partial charge in [0.15, 0.2) is 6.29 Å². The summed E-state index contributed by atoms with van der Waals surface area (Å²) >= 11 is 0. The number of ether oxygens (including phenoxy) is 2. The van der Waals surface area contributed by atoms with Crippen molar-refractivity contribution in [1.29, 1.82) is 0 Å². The molecule has 142 valence electrons. The maximum atomic E-state index is 13.2. The van der Waals surface area contributed by atoms with Crippen LogP contribution in [0.1, 0.15) is 71.1 Å². The predicted octanol–water partition coefficient (Wildman–Crippen LogP) is 6.18. The Kier molecular flexibility index (Phi) is 7.54. The lowest BCUT2D eigenvalue weighted by atomic mass is 9.71. The van der Waals surface area contributed by atoms with E-state index in [9.17, 15) is 4.39 Å². The SMILES string of the molecule is CC/C=C/C1COC(CCC2CCC(C3CC=C(F)CC3)CC2)OC1. The molecule has 0 radical (unpaired) electrons. The molecular formula is C22H35FO2. The lowest BCUT2D eigenvalue weighted by molar-refractivity contribution is -0.197. The molecule has 2 fully saturated rings. The molecule has 0 N–H and O–H groups in total. The molecule has 0 aromatic heterocycles. The Balaban J connectivity index is 1.30. The van der Waals surface area contributed by atoms with Crippen molar-refractivity contribution in [3.63, 3.8) is 0 Å². The molecule has 1 saturated heterocycles. The summed E-state index contributed by atoms with van der Waals surface area (Å²) in [5.74, 6) is 2.94. The number of halogens is 1. The van der Waals surface area contributed by atoms with Gasteiger partial charge in [-0.05, 0) is 69.1 Å². The Hall–Kier alpha value is -0.670. The van der Waals surface area contributed by atoms with Gasteiger partial charge in [-0.3, -0.25) is 0 Å². The lowest BCUT2D eigenvalue weighted by Crippen LogP contribution is -2.31. The molecule has 1 unspecified atom stereocenters. The van der Waals surface area contributed by atoms with Gasteiger partial charge in [-0.25, -0.2) is 4.39 Å². The van der Waals surface area contributed by atoms with Gasteiger partial charge in [0, 0.05) is 5.92 Å². The molecule has 1 heterocycles. The maximum absolute atomic E-state index is 13.2. The third kappa shape index (κ3) is 5.92. The van der Waals surface area contributed by atoms with Crippen LogP contribution in [0.2, 0.25) is 0 Å². The van der Waals surface area contributed by atoms with Gasteiger partial charge in [0.2, 0.25) is 0 Å². The van der Waals surface area contributed by atoms with Crippen molar-refractivity contribution in [3.8, 4) is 0 Å². The molecule has 25 heavy (non-hydrogen) atoms. The zero-order chi connectivity index (χ0) is 17.5. The molecule has 2 nitrogen and oxygen atoms in total. The van der Waals surface area contributed by atoms with Gasteiger partial charge in [-0.15, -0.1) is 0 Å². The highest BCUT2D eigenvalue weighted by molar-refractivity contribution is 4.99. The fourth-order valence-electron chi connectivity index (χ4n) is 4.74. The molecule has 3 heteroatoms. The molecule has 0 bridgehead atoms. The van der Waals surface area contributed by atoms with Crippen LogP contribution in [-0.4, -0.2) is 19.5 Å². The molecule has 0 aromatic carbocycles. The number of hydrogen-bond acceptors (Lipinski definition) is 2. The van der Waals surface area contributed by atoms with Crippen LogP contribution in [0.25, 0.3) is 0 Å². The quantitative estimate of drug-likeness (QED) is 0.532. The molecule has 3 rings (SSSR count). The number of hydrogen-bond donors (Lipinski definition) is 0. The fraction of sp³-hybridized carbons (Fsp3) is 0.818. The van der Waals surface area contributed by atoms with E-state index in [4.69, 9.17) is 9.47 Å². The van der Waals surface area contributed by atoms with E-state index < -0.39 is 0 Å². The summed E-state index contributed by atoms with van der Waals surface area (Å²) in [5.41, 5.74) is 0. The van der Waals surface area contributed by atoms with Gasteiger partial charge in [0.25, 0.3) is 0 Å². The second-order valence-electron chi connectivity index (χ2n) is 8.24. The Morgan fingerprint density at radius 3 is 2.44 bits per heavy atom. The summed E-state index contributed by atoms with van der Waals surface area (Å²) in [5, 5.41) is 0. The third-order valence-electron chi connectivity index (χ3n) is 6.40. The summed E-state index contributed by atoms with van der Waals surface area (Å²) in [4.78, 5) is 0. The van der Waals surface area contributed by atoms with Crippen LogP contribution < -0.4 is 0 Å². The topological polar surface area (TPSA) is 18.5 Å². The zero-order valence-corrected chi connectivity index (χ0v) is 15.8. The van der Waals surface area contributed by atoms with Crippen LogP contribution in [0.3, 0.4) is 0 Å². The van der Waals surface area contributed by atoms with Crippen molar-refractivity contribution in [2.75, 3.05) is 13.2 Å². The van der Waals surface area contributed by atoms with Crippen molar-refractivity contribution in [2.45, 2.75) is 77.4 Å². The second kappa shape index (κ2) is 9.87. The van der Waals surface area contributed by atoms with Crippen LogP contribution in [0.4, 0.5) is 4.39 Å². The van der Waals surface area contributed by atoms with Crippen molar-refractivity contribution in [2.24, 2.45) is 23.7 Å². The van der Waals surface area contributed by atoms with Crippen molar-refractivity contribution >= 4 is 0 Å². The van der Waals surface area contributed by atoms with E-state index in [2.05, 4.69) is 19.1 Å². The van der Waals surface area contributed by atoms with Gasteiger partial charge in [-0.1, -0.05) is 38.0 Å². The average Bonchev–Trinajstić information content (AvgIpc) is 2.67. The van der Waals surface area contributed by atoms with Gasteiger partial charge < -0.3 is 9.47 Å². The molecule has 2 aliphatic carbocycles. The minimum Gasteiger partial charge on any atom is -0.352 e. The lowest BCUT2D eigenvalue weighted by Gasteiger charge is -2.35. The van der Waals surface area contributed by atoms with E-state index in [1.807, 2.05) is 6.08 Å². The summed E-state index contributed by atoms with van der Waals surface area (Å²) in [7, 11) is 0. The highest BCUT2D eigenvalue weighted by Crippen LogP contribution is 2.41.